The first kappa shape index (κ1) is 27.3. The van der Waals surface area contributed by atoms with Gasteiger partial charge in [-0.15, -0.1) is 0 Å². The number of aromatic nitrogens is 3. The van der Waals surface area contributed by atoms with Crippen LogP contribution < -0.4 is 26.5 Å². The molecule has 4 rings (SSSR count). The number of methoxy groups -OCH3 is 2. The Labute approximate surface area is 216 Å². The second-order valence-corrected chi connectivity index (χ2v) is 8.17. The molecule has 0 aliphatic rings. The van der Waals surface area contributed by atoms with Crippen molar-refractivity contribution in [3.8, 4) is 11.5 Å². The number of nitrogens with two attached hydrogens (primary N) is 1. The first-order chi connectivity index (χ1) is 18.0. The van der Waals surface area contributed by atoms with Crippen molar-refractivity contribution in [1.29, 1.82) is 0 Å². The summed E-state index contributed by atoms with van der Waals surface area (Å²) in [4.78, 5) is 30.7. The van der Waals surface area contributed by atoms with Crippen LogP contribution in [0.25, 0.3) is 0 Å². The van der Waals surface area contributed by atoms with Gasteiger partial charge in [-0.2, -0.15) is 0 Å². The summed E-state index contributed by atoms with van der Waals surface area (Å²) in [5.41, 5.74) is 8.56. The highest BCUT2D eigenvalue weighted by Crippen LogP contribution is 2.15. The number of rotatable bonds is 9. The lowest BCUT2D eigenvalue weighted by molar-refractivity contribution is 0.414. The first-order valence-corrected chi connectivity index (χ1v) is 12.3. The molecule has 0 atom stereocenters. The molecule has 0 spiro atoms. The molecule has 0 aliphatic heterocycles. The molecule has 2 aromatic carbocycles. The molecule has 8 nitrogen and oxygen atoms in total. The summed E-state index contributed by atoms with van der Waals surface area (Å²) in [6.07, 6.45) is 2.67. The summed E-state index contributed by atoms with van der Waals surface area (Å²) in [5, 5.41) is 0. The predicted molar refractivity (Wildman–Crippen MR) is 147 cm³/mol. The number of aryl methyl sites for hydroxylation is 2. The van der Waals surface area contributed by atoms with E-state index in [0.29, 0.717) is 36.6 Å². The van der Waals surface area contributed by atoms with Crippen LogP contribution in [0.5, 0.6) is 11.5 Å². The van der Waals surface area contributed by atoms with Crippen molar-refractivity contribution in [2.75, 3.05) is 20.0 Å². The lowest BCUT2D eigenvalue weighted by Crippen LogP contribution is -2.41. The zero-order chi connectivity index (χ0) is 26.8. The minimum absolute atomic E-state index is 0.167. The summed E-state index contributed by atoms with van der Waals surface area (Å²) >= 11 is 0. The zero-order valence-electron chi connectivity index (χ0n) is 21.8. The fourth-order valence-corrected chi connectivity index (χ4v) is 3.94. The normalized spacial score (nSPS) is 10.4. The van der Waals surface area contributed by atoms with Crippen LogP contribution in [-0.2, 0) is 25.9 Å². The monoisotopic (exact) mass is 502 g/mol. The van der Waals surface area contributed by atoms with Gasteiger partial charge in [0.2, 0.25) is 0 Å². The third-order valence-electron chi connectivity index (χ3n) is 5.94. The van der Waals surface area contributed by atoms with E-state index < -0.39 is 0 Å². The molecule has 2 N–H and O–H groups in total. The van der Waals surface area contributed by atoms with Gasteiger partial charge in [0.25, 0.3) is 5.56 Å². The van der Waals surface area contributed by atoms with E-state index in [1.165, 1.54) is 4.57 Å². The van der Waals surface area contributed by atoms with Gasteiger partial charge in [-0.25, -0.2) is 9.78 Å². The second-order valence-electron chi connectivity index (χ2n) is 8.17. The van der Waals surface area contributed by atoms with Crippen molar-refractivity contribution in [3.05, 3.63) is 116 Å². The van der Waals surface area contributed by atoms with E-state index in [0.717, 1.165) is 22.4 Å². The van der Waals surface area contributed by atoms with Crippen LogP contribution in [0.2, 0.25) is 0 Å². The van der Waals surface area contributed by atoms with Gasteiger partial charge in [0, 0.05) is 18.0 Å². The van der Waals surface area contributed by atoms with Gasteiger partial charge in [-0.05, 0) is 59.9 Å². The largest absolute Gasteiger partial charge is 0.497 e. The second kappa shape index (κ2) is 13.1. The van der Waals surface area contributed by atoms with Crippen molar-refractivity contribution in [3.63, 3.8) is 0 Å². The highest BCUT2D eigenvalue weighted by molar-refractivity contribution is 5.38. The number of nitrogen functional groups attached to an aromatic ring is 1. The van der Waals surface area contributed by atoms with Crippen LogP contribution in [-0.4, -0.2) is 28.3 Å². The molecule has 0 amide bonds. The van der Waals surface area contributed by atoms with Crippen molar-refractivity contribution in [1.82, 2.24) is 14.1 Å². The van der Waals surface area contributed by atoms with Gasteiger partial charge in [0.1, 0.15) is 17.3 Å². The van der Waals surface area contributed by atoms with Gasteiger partial charge in [-0.1, -0.05) is 44.2 Å². The molecular formula is C29H34N4O4. The van der Waals surface area contributed by atoms with Crippen LogP contribution >= 0.6 is 0 Å². The molecule has 194 valence electrons. The summed E-state index contributed by atoms with van der Waals surface area (Å²) in [6.45, 7) is 4.49. The fraction of sp³-hybridized carbons (Fsp3) is 0.276. The standard InChI is InChI=1S/C27H28N4O4.C2H6/c1-34-23-11-5-19(6-12-23)17-30-22(10-9-21-4-3-15-29-26(21)28)16-25(32)31(27(30)33)18-20-7-13-24(35-2)14-8-20;1-2/h3-8,11-16H,9-10,17-18H2,1-2H3,(H2,28,29);1-2H3. The average Bonchev–Trinajstić information content (AvgIpc) is 2.94. The highest BCUT2D eigenvalue weighted by Gasteiger charge is 2.14. The Morgan fingerprint density at radius 1 is 0.784 bits per heavy atom. The van der Waals surface area contributed by atoms with Crippen molar-refractivity contribution >= 4 is 5.82 Å². The molecule has 0 unspecified atom stereocenters. The summed E-state index contributed by atoms with van der Waals surface area (Å²) in [7, 11) is 3.20. The van der Waals surface area contributed by atoms with Crippen LogP contribution in [0, 0.1) is 0 Å². The summed E-state index contributed by atoms with van der Waals surface area (Å²) < 4.78 is 13.4. The maximum absolute atomic E-state index is 13.6. The molecule has 0 radical (unpaired) electrons. The van der Waals surface area contributed by atoms with Gasteiger partial charge in [-0.3, -0.25) is 13.9 Å². The molecule has 2 heterocycles. The van der Waals surface area contributed by atoms with E-state index >= 15 is 0 Å². The van der Waals surface area contributed by atoms with Crippen LogP contribution in [0.3, 0.4) is 0 Å². The third kappa shape index (κ3) is 6.88. The quantitative estimate of drug-likeness (QED) is 0.372. The van der Waals surface area contributed by atoms with Crippen molar-refractivity contribution in [2.45, 2.75) is 39.8 Å². The molecule has 4 aromatic rings. The third-order valence-corrected chi connectivity index (χ3v) is 5.94. The van der Waals surface area contributed by atoms with E-state index in [9.17, 15) is 9.59 Å². The van der Waals surface area contributed by atoms with E-state index in [1.807, 2.05) is 74.5 Å². The molecule has 0 saturated heterocycles. The first-order valence-electron chi connectivity index (χ1n) is 12.3. The molecule has 0 fully saturated rings. The Hall–Kier alpha value is -4.33. The van der Waals surface area contributed by atoms with Crippen LogP contribution in [0.15, 0.2) is 82.5 Å². The van der Waals surface area contributed by atoms with Crippen LogP contribution in [0.4, 0.5) is 5.82 Å². The topological polar surface area (TPSA) is 101 Å². The molecule has 0 saturated carbocycles. The van der Waals surface area contributed by atoms with Gasteiger partial charge in [0.05, 0.1) is 27.3 Å². The molecule has 37 heavy (non-hydrogen) atoms. The lowest BCUT2D eigenvalue weighted by Gasteiger charge is -2.16. The van der Waals surface area contributed by atoms with E-state index in [4.69, 9.17) is 15.2 Å². The Bertz CT molecular complexity index is 1410. The minimum Gasteiger partial charge on any atom is -0.497 e. The number of hydrogen-bond acceptors (Lipinski definition) is 6. The van der Waals surface area contributed by atoms with Crippen molar-refractivity contribution < 1.29 is 9.47 Å². The molecular weight excluding hydrogens is 468 g/mol. The Balaban J connectivity index is 0.00000186. The number of anilines is 1. The molecule has 2 aromatic heterocycles. The highest BCUT2D eigenvalue weighted by atomic mass is 16.5. The Kier molecular flexibility index (Phi) is 9.66. The summed E-state index contributed by atoms with van der Waals surface area (Å²) in [5.74, 6) is 1.89. The molecule has 0 bridgehead atoms. The minimum atomic E-state index is -0.363. The number of hydrogen-bond donors (Lipinski definition) is 1. The zero-order valence-corrected chi connectivity index (χ0v) is 21.8. The van der Waals surface area contributed by atoms with E-state index in [1.54, 1.807) is 31.0 Å². The molecule has 0 aliphatic carbocycles. The number of nitrogens with zero attached hydrogens (tertiary/aromatic N) is 3. The van der Waals surface area contributed by atoms with Crippen molar-refractivity contribution in [2.24, 2.45) is 0 Å². The SMILES string of the molecule is CC.COc1ccc(Cn2c(CCc3cccnc3N)cc(=O)n(Cc3ccc(OC)cc3)c2=O)cc1. The lowest BCUT2D eigenvalue weighted by atomic mass is 10.1. The average molecular weight is 503 g/mol. The number of pyridine rings is 1. The number of benzene rings is 2. The van der Waals surface area contributed by atoms with E-state index in [2.05, 4.69) is 4.98 Å². The summed E-state index contributed by atoms with van der Waals surface area (Å²) in [6, 6.07) is 20.1. The van der Waals surface area contributed by atoms with E-state index in [-0.39, 0.29) is 17.8 Å². The predicted octanol–water partition coefficient (Wildman–Crippen LogP) is 3.91. The van der Waals surface area contributed by atoms with Gasteiger partial charge < -0.3 is 15.2 Å². The maximum atomic E-state index is 13.6. The van der Waals surface area contributed by atoms with Crippen LogP contribution in [0.1, 0.15) is 36.2 Å². The Morgan fingerprint density at radius 3 is 1.84 bits per heavy atom. The van der Waals surface area contributed by atoms with Gasteiger partial charge in [0.15, 0.2) is 0 Å². The smallest absolute Gasteiger partial charge is 0.331 e. The Morgan fingerprint density at radius 2 is 1.32 bits per heavy atom. The number of ether oxygens (including phenoxy) is 2. The van der Waals surface area contributed by atoms with Gasteiger partial charge >= 0.3 is 5.69 Å². The maximum Gasteiger partial charge on any atom is 0.331 e. The fourth-order valence-electron chi connectivity index (χ4n) is 3.94. The molecule has 8 heteroatoms.